The fraction of sp³-hybridized carbons (Fsp3) is 0.688. The van der Waals surface area contributed by atoms with Gasteiger partial charge in [-0.1, -0.05) is 0 Å². The van der Waals surface area contributed by atoms with E-state index < -0.39 is 0 Å². The van der Waals surface area contributed by atoms with Gasteiger partial charge in [0, 0.05) is 36.8 Å². The minimum Gasteiger partial charge on any atom is -0.483 e. The number of rotatable bonds is 3. The van der Waals surface area contributed by atoms with E-state index in [9.17, 15) is 4.79 Å². The van der Waals surface area contributed by atoms with Crippen LogP contribution in [-0.4, -0.2) is 57.9 Å². The summed E-state index contributed by atoms with van der Waals surface area (Å²) < 4.78 is 0. The smallest absolute Gasteiger partial charge is 0.290 e. The Hall–Kier alpha value is -1.47. The summed E-state index contributed by atoms with van der Waals surface area (Å²) in [6, 6.07) is 0.340. The van der Waals surface area contributed by atoms with Crippen molar-refractivity contribution in [3.63, 3.8) is 0 Å². The lowest BCUT2D eigenvalue weighted by Gasteiger charge is -2.54. The lowest BCUT2D eigenvalue weighted by atomic mass is 9.72. The summed E-state index contributed by atoms with van der Waals surface area (Å²) in [4.78, 5) is 30.9. The Morgan fingerprint density at radius 2 is 2.17 bits per heavy atom. The number of hydrogen-bond acceptors (Lipinski definition) is 5. The molecule has 0 aliphatic carbocycles. The van der Waals surface area contributed by atoms with Crippen LogP contribution in [0.15, 0.2) is 6.20 Å². The van der Waals surface area contributed by atoms with Crippen molar-refractivity contribution in [3.05, 3.63) is 16.1 Å². The molecule has 23 heavy (non-hydrogen) atoms. The first-order chi connectivity index (χ1) is 10.9. The molecule has 2 saturated heterocycles. The molecule has 1 N–H and O–H groups in total. The summed E-state index contributed by atoms with van der Waals surface area (Å²) in [6.45, 7) is 9.92. The number of amides is 1. The lowest BCUT2D eigenvalue weighted by molar-refractivity contribution is -0.169. The summed E-state index contributed by atoms with van der Waals surface area (Å²) in [7, 11) is 0. The molecule has 1 unspecified atom stereocenters. The minimum absolute atomic E-state index is 0.0811. The Kier molecular flexibility index (Phi) is 5.75. The van der Waals surface area contributed by atoms with E-state index in [-0.39, 0.29) is 11.9 Å². The first-order valence-corrected chi connectivity index (χ1v) is 8.76. The summed E-state index contributed by atoms with van der Waals surface area (Å²) >= 11 is 1.77. The number of hydrogen-bond donors (Lipinski definition) is 1. The van der Waals surface area contributed by atoms with E-state index in [0.29, 0.717) is 11.9 Å². The normalized spacial score (nSPS) is 24.3. The number of carboxylic acid groups (broad SMARTS) is 1. The van der Waals surface area contributed by atoms with Gasteiger partial charge in [0.1, 0.15) is 0 Å². The van der Waals surface area contributed by atoms with Gasteiger partial charge in [-0.15, -0.1) is 11.3 Å². The second kappa shape index (κ2) is 7.40. The number of carbonyl (C=O) groups excluding carboxylic acids is 1. The van der Waals surface area contributed by atoms with Crippen LogP contribution in [0.25, 0.3) is 0 Å². The van der Waals surface area contributed by atoms with E-state index >= 15 is 0 Å². The van der Waals surface area contributed by atoms with Crippen molar-refractivity contribution < 1.29 is 14.7 Å². The maximum absolute atomic E-state index is 12.5. The minimum atomic E-state index is -0.250. The molecule has 1 amide bonds. The van der Waals surface area contributed by atoms with E-state index in [2.05, 4.69) is 23.7 Å². The quantitative estimate of drug-likeness (QED) is 0.673. The molecule has 1 atom stereocenters. The molecule has 7 heteroatoms. The van der Waals surface area contributed by atoms with Crippen molar-refractivity contribution in [1.29, 1.82) is 0 Å². The van der Waals surface area contributed by atoms with Crippen LogP contribution in [0.3, 0.4) is 0 Å². The van der Waals surface area contributed by atoms with E-state index in [1.165, 1.54) is 4.88 Å². The van der Waals surface area contributed by atoms with Crippen molar-refractivity contribution in [2.45, 2.75) is 46.2 Å². The van der Waals surface area contributed by atoms with Crippen LogP contribution < -0.4 is 0 Å². The predicted molar refractivity (Wildman–Crippen MR) is 89.3 cm³/mol. The van der Waals surface area contributed by atoms with Gasteiger partial charge < -0.3 is 10.0 Å². The predicted octanol–water partition coefficient (Wildman–Crippen LogP) is 1.99. The maximum atomic E-state index is 12.5. The molecular formula is C16H25N3O3S. The van der Waals surface area contributed by atoms with Crippen molar-refractivity contribution in [2.24, 2.45) is 5.41 Å². The standard InChI is InChI=1S/C15H23N3OS.CH2O2/c1-11(2)18-10-15(14(18)19)5-4-6-17(9-15)8-13-7-16-12(3)20-13;2-1-3/h7,11H,4-6,8-10H2,1-3H3;1H,(H,2,3). The Morgan fingerprint density at radius 3 is 2.70 bits per heavy atom. The van der Waals surface area contributed by atoms with E-state index in [1.807, 2.05) is 18.0 Å². The van der Waals surface area contributed by atoms with Gasteiger partial charge in [0.2, 0.25) is 5.91 Å². The van der Waals surface area contributed by atoms with Crippen molar-refractivity contribution >= 4 is 23.7 Å². The second-order valence-electron chi connectivity index (χ2n) is 6.57. The average molecular weight is 339 g/mol. The molecule has 0 radical (unpaired) electrons. The average Bonchev–Trinajstić information content (AvgIpc) is 2.90. The highest BCUT2D eigenvalue weighted by Gasteiger charge is 2.54. The molecule has 2 aliphatic rings. The van der Waals surface area contributed by atoms with Gasteiger partial charge in [-0.2, -0.15) is 0 Å². The number of β-lactam (4-membered cyclic amide) rings is 1. The number of thiazole rings is 1. The molecule has 1 spiro atoms. The largest absolute Gasteiger partial charge is 0.483 e. The Bertz CT molecular complexity index is 561. The fourth-order valence-electron chi connectivity index (χ4n) is 3.46. The monoisotopic (exact) mass is 339 g/mol. The Morgan fingerprint density at radius 1 is 1.48 bits per heavy atom. The molecular weight excluding hydrogens is 314 g/mol. The molecule has 6 nitrogen and oxygen atoms in total. The van der Waals surface area contributed by atoms with Crippen LogP contribution >= 0.6 is 11.3 Å². The number of likely N-dealkylation sites (tertiary alicyclic amines) is 2. The van der Waals surface area contributed by atoms with Gasteiger partial charge in [-0.3, -0.25) is 14.5 Å². The van der Waals surface area contributed by atoms with Gasteiger partial charge in [0.05, 0.1) is 10.4 Å². The highest BCUT2D eigenvalue weighted by atomic mass is 32.1. The van der Waals surface area contributed by atoms with Gasteiger partial charge in [-0.25, -0.2) is 4.98 Å². The summed E-state index contributed by atoms with van der Waals surface area (Å²) in [5.41, 5.74) is -0.0811. The molecule has 0 saturated carbocycles. The fourth-order valence-corrected chi connectivity index (χ4v) is 4.30. The zero-order valence-corrected chi connectivity index (χ0v) is 14.8. The third-order valence-electron chi connectivity index (χ3n) is 4.52. The molecule has 128 valence electrons. The SMILES string of the molecule is Cc1ncc(CN2CCCC3(C2)CN(C(C)C)C3=O)s1.O=CO. The van der Waals surface area contributed by atoms with Gasteiger partial charge in [0.15, 0.2) is 0 Å². The van der Waals surface area contributed by atoms with Crippen LogP contribution in [0.5, 0.6) is 0 Å². The first kappa shape index (κ1) is 17.9. The topological polar surface area (TPSA) is 73.7 Å². The summed E-state index contributed by atoms with van der Waals surface area (Å²) in [5, 5.41) is 8.01. The van der Waals surface area contributed by atoms with Crippen LogP contribution in [-0.2, 0) is 16.1 Å². The van der Waals surface area contributed by atoms with E-state index in [4.69, 9.17) is 9.90 Å². The number of nitrogens with zero attached hydrogens (tertiary/aromatic N) is 3. The lowest BCUT2D eigenvalue weighted by Crippen LogP contribution is -2.68. The van der Waals surface area contributed by atoms with Crippen molar-refractivity contribution in [3.8, 4) is 0 Å². The highest BCUT2D eigenvalue weighted by molar-refractivity contribution is 7.11. The molecule has 3 heterocycles. The van der Waals surface area contributed by atoms with Crippen LogP contribution in [0, 0.1) is 12.3 Å². The molecule has 2 aliphatic heterocycles. The molecule has 0 bridgehead atoms. The Balaban J connectivity index is 0.000000595. The van der Waals surface area contributed by atoms with E-state index in [1.54, 1.807) is 11.3 Å². The zero-order valence-electron chi connectivity index (χ0n) is 14.0. The van der Waals surface area contributed by atoms with Crippen molar-refractivity contribution in [1.82, 2.24) is 14.8 Å². The van der Waals surface area contributed by atoms with Crippen LogP contribution in [0.4, 0.5) is 0 Å². The van der Waals surface area contributed by atoms with Gasteiger partial charge in [0.25, 0.3) is 6.47 Å². The zero-order chi connectivity index (χ0) is 17.0. The third kappa shape index (κ3) is 3.90. The molecule has 3 rings (SSSR count). The number of aromatic nitrogens is 1. The molecule has 2 fully saturated rings. The van der Waals surface area contributed by atoms with Gasteiger partial charge >= 0.3 is 0 Å². The summed E-state index contributed by atoms with van der Waals surface area (Å²) in [6.07, 6.45) is 4.17. The summed E-state index contributed by atoms with van der Waals surface area (Å²) in [5.74, 6) is 0.373. The number of piperidine rings is 1. The number of carbonyl (C=O) groups is 2. The first-order valence-electron chi connectivity index (χ1n) is 7.94. The molecule has 1 aromatic heterocycles. The molecule has 1 aromatic rings. The highest BCUT2D eigenvalue weighted by Crippen LogP contribution is 2.41. The van der Waals surface area contributed by atoms with Crippen LogP contribution in [0.2, 0.25) is 0 Å². The van der Waals surface area contributed by atoms with Crippen LogP contribution in [0.1, 0.15) is 36.6 Å². The maximum Gasteiger partial charge on any atom is 0.290 e. The number of aryl methyl sites for hydroxylation is 1. The third-order valence-corrected chi connectivity index (χ3v) is 5.41. The molecule has 0 aromatic carbocycles. The Labute approximate surface area is 141 Å². The van der Waals surface area contributed by atoms with E-state index in [0.717, 1.165) is 44.0 Å². The van der Waals surface area contributed by atoms with Gasteiger partial charge in [-0.05, 0) is 40.2 Å². The van der Waals surface area contributed by atoms with Crippen molar-refractivity contribution in [2.75, 3.05) is 19.6 Å². The second-order valence-corrected chi connectivity index (χ2v) is 7.89.